The molecule has 1 fully saturated rings. The van der Waals surface area contributed by atoms with Crippen LogP contribution >= 0.6 is 0 Å². The number of carboxylic acid groups (broad SMARTS) is 1. The molecule has 7 nitrogen and oxygen atoms in total. The minimum absolute atomic E-state index is 0.0440. The van der Waals surface area contributed by atoms with Crippen molar-refractivity contribution in [2.45, 2.75) is 57.0 Å². The number of nitro groups is 1. The Morgan fingerprint density at radius 1 is 1.28 bits per heavy atom. The van der Waals surface area contributed by atoms with Crippen LogP contribution in [0.5, 0.6) is 5.75 Å². The summed E-state index contributed by atoms with van der Waals surface area (Å²) in [6, 6.07) is 9.65. The van der Waals surface area contributed by atoms with Crippen molar-refractivity contribution in [3.63, 3.8) is 0 Å². The SMILES string of the molecule is CC(C)Oc1cc(N2CCC3(CC2)CC(CC(=O)O)c2ccc(F)cc23)ccc1[N+](=O)[O-]. The van der Waals surface area contributed by atoms with Gasteiger partial charge in [-0.3, -0.25) is 14.9 Å². The van der Waals surface area contributed by atoms with Gasteiger partial charge in [-0.2, -0.15) is 0 Å². The molecule has 32 heavy (non-hydrogen) atoms. The topological polar surface area (TPSA) is 92.9 Å². The lowest BCUT2D eigenvalue weighted by molar-refractivity contribution is -0.386. The summed E-state index contributed by atoms with van der Waals surface area (Å²) in [5.74, 6) is -1.01. The van der Waals surface area contributed by atoms with Crippen molar-refractivity contribution < 1.29 is 24.0 Å². The van der Waals surface area contributed by atoms with Crippen LogP contribution in [0.1, 0.15) is 56.6 Å². The van der Waals surface area contributed by atoms with Gasteiger partial charge in [0.1, 0.15) is 5.82 Å². The number of aliphatic carboxylic acids is 1. The number of anilines is 1. The van der Waals surface area contributed by atoms with Gasteiger partial charge in [0.15, 0.2) is 5.75 Å². The van der Waals surface area contributed by atoms with Gasteiger partial charge in [-0.15, -0.1) is 0 Å². The van der Waals surface area contributed by atoms with Crippen LogP contribution in [0, 0.1) is 15.9 Å². The van der Waals surface area contributed by atoms with E-state index in [4.69, 9.17) is 4.74 Å². The monoisotopic (exact) mass is 442 g/mol. The zero-order chi connectivity index (χ0) is 23.0. The van der Waals surface area contributed by atoms with Crippen molar-refractivity contribution in [1.82, 2.24) is 0 Å². The van der Waals surface area contributed by atoms with Crippen LogP contribution < -0.4 is 9.64 Å². The highest BCUT2D eigenvalue weighted by atomic mass is 19.1. The number of nitrogens with zero attached hydrogens (tertiary/aromatic N) is 2. The second kappa shape index (κ2) is 8.41. The maximum absolute atomic E-state index is 14.1. The molecule has 2 aromatic carbocycles. The number of carboxylic acids is 1. The first-order valence-corrected chi connectivity index (χ1v) is 10.9. The summed E-state index contributed by atoms with van der Waals surface area (Å²) in [7, 11) is 0. The number of carbonyl (C=O) groups is 1. The first-order chi connectivity index (χ1) is 15.2. The summed E-state index contributed by atoms with van der Waals surface area (Å²) in [5.41, 5.74) is 2.43. The zero-order valence-corrected chi connectivity index (χ0v) is 18.2. The van der Waals surface area contributed by atoms with E-state index in [0.29, 0.717) is 19.5 Å². The molecule has 1 atom stereocenters. The van der Waals surface area contributed by atoms with Gasteiger partial charge in [0.05, 0.1) is 17.4 Å². The van der Waals surface area contributed by atoms with E-state index in [1.54, 1.807) is 24.3 Å². The van der Waals surface area contributed by atoms with Gasteiger partial charge in [-0.25, -0.2) is 4.39 Å². The molecule has 0 amide bonds. The Labute approximate surface area is 186 Å². The molecule has 1 aliphatic carbocycles. The Morgan fingerprint density at radius 3 is 2.62 bits per heavy atom. The second-order valence-electron chi connectivity index (χ2n) is 9.07. The van der Waals surface area contributed by atoms with Crippen LogP contribution in [0.4, 0.5) is 15.8 Å². The molecule has 8 heteroatoms. The van der Waals surface area contributed by atoms with E-state index >= 15 is 0 Å². The molecule has 1 unspecified atom stereocenters. The number of benzene rings is 2. The molecule has 1 heterocycles. The zero-order valence-electron chi connectivity index (χ0n) is 18.2. The van der Waals surface area contributed by atoms with Crippen LogP contribution in [0.3, 0.4) is 0 Å². The maximum atomic E-state index is 14.1. The van der Waals surface area contributed by atoms with Gasteiger partial charge < -0.3 is 14.7 Å². The number of rotatable bonds is 6. The molecule has 0 radical (unpaired) electrons. The van der Waals surface area contributed by atoms with E-state index in [0.717, 1.165) is 29.7 Å². The normalized spacial score (nSPS) is 19.2. The van der Waals surface area contributed by atoms with Crippen LogP contribution in [0.25, 0.3) is 0 Å². The lowest BCUT2D eigenvalue weighted by Gasteiger charge is -2.41. The van der Waals surface area contributed by atoms with Gasteiger partial charge in [-0.1, -0.05) is 6.07 Å². The molecule has 1 spiro atoms. The number of hydrogen-bond donors (Lipinski definition) is 1. The second-order valence-corrected chi connectivity index (χ2v) is 9.07. The van der Waals surface area contributed by atoms with Gasteiger partial charge in [0.25, 0.3) is 0 Å². The average molecular weight is 442 g/mol. The van der Waals surface area contributed by atoms with Crippen LogP contribution in [-0.2, 0) is 10.2 Å². The van der Waals surface area contributed by atoms with Crippen molar-refractivity contribution in [3.05, 3.63) is 63.5 Å². The number of nitro benzene ring substituents is 1. The van der Waals surface area contributed by atoms with Crippen LogP contribution in [0.15, 0.2) is 36.4 Å². The van der Waals surface area contributed by atoms with Crippen LogP contribution in [0.2, 0.25) is 0 Å². The summed E-state index contributed by atoms with van der Waals surface area (Å²) in [5, 5.41) is 20.7. The molecular weight excluding hydrogens is 415 g/mol. The fourth-order valence-corrected chi connectivity index (χ4v) is 5.29. The summed E-state index contributed by atoms with van der Waals surface area (Å²) < 4.78 is 19.8. The summed E-state index contributed by atoms with van der Waals surface area (Å²) in [4.78, 5) is 24.4. The Balaban J connectivity index is 1.57. The molecule has 0 saturated carbocycles. The fourth-order valence-electron chi connectivity index (χ4n) is 5.29. The number of fused-ring (bicyclic) bond motifs is 2. The molecule has 2 aliphatic rings. The Kier molecular flexibility index (Phi) is 5.79. The summed E-state index contributed by atoms with van der Waals surface area (Å²) in [6.07, 6.45) is 2.08. The van der Waals surface area contributed by atoms with Gasteiger partial charge in [-0.05, 0) is 73.8 Å². The van der Waals surface area contributed by atoms with Gasteiger partial charge in [0.2, 0.25) is 0 Å². The number of hydrogen-bond acceptors (Lipinski definition) is 5. The van der Waals surface area contributed by atoms with Crippen molar-refractivity contribution in [2.24, 2.45) is 0 Å². The Hall–Kier alpha value is -3.16. The van der Waals surface area contributed by atoms with Crippen molar-refractivity contribution in [2.75, 3.05) is 18.0 Å². The quantitative estimate of drug-likeness (QED) is 0.499. The van der Waals surface area contributed by atoms with E-state index in [-0.39, 0.29) is 41.1 Å². The molecule has 0 bridgehead atoms. The standard InChI is InChI=1S/C24H27FN2O5/c1-15(2)32-22-13-18(4-6-21(22)27(30)31)26-9-7-24(8-10-26)14-16(11-23(28)29)19-5-3-17(25)12-20(19)24/h3-6,12-13,15-16H,7-11,14H2,1-2H3,(H,28,29). The summed E-state index contributed by atoms with van der Waals surface area (Å²) >= 11 is 0. The van der Waals surface area contributed by atoms with Gasteiger partial charge in [0, 0.05) is 30.9 Å². The van der Waals surface area contributed by atoms with Crippen LogP contribution in [-0.4, -0.2) is 35.2 Å². The van der Waals surface area contributed by atoms with E-state index in [1.807, 2.05) is 13.8 Å². The van der Waals surface area contributed by atoms with Crippen molar-refractivity contribution in [3.8, 4) is 5.75 Å². The highest BCUT2D eigenvalue weighted by Gasteiger charge is 2.46. The number of ether oxygens (including phenoxy) is 1. The molecule has 1 saturated heterocycles. The predicted molar refractivity (Wildman–Crippen MR) is 118 cm³/mol. The Bertz CT molecular complexity index is 1050. The highest BCUT2D eigenvalue weighted by Crippen LogP contribution is 2.53. The Morgan fingerprint density at radius 2 is 2.00 bits per heavy atom. The third kappa shape index (κ3) is 4.13. The summed E-state index contributed by atoms with van der Waals surface area (Å²) in [6.45, 7) is 5.03. The first kappa shape index (κ1) is 22.0. The smallest absolute Gasteiger partial charge is 0.311 e. The van der Waals surface area contributed by atoms with Crippen molar-refractivity contribution in [1.29, 1.82) is 0 Å². The lowest BCUT2D eigenvalue weighted by Crippen LogP contribution is -2.41. The van der Waals surface area contributed by atoms with E-state index in [1.165, 1.54) is 12.1 Å². The lowest BCUT2D eigenvalue weighted by atomic mass is 9.73. The minimum Gasteiger partial charge on any atom is -0.484 e. The predicted octanol–water partition coefficient (Wildman–Crippen LogP) is 5.02. The molecule has 1 aliphatic heterocycles. The van der Waals surface area contributed by atoms with E-state index in [2.05, 4.69) is 4.90 Å². The largest absolute Gasteiger partial charge is 0.484 e. The average Bonchev–Trinajstić information content (AvgIpc) is 2.99. The molecule has 1 N–H and O–H groups in total. The third-order valence-electron chi connectivity index (χ3n) is 6.67. The number of piperidine rings is 1. The molecule has 4 rings (SSSR count). The first-order valence-electron chi connectivity index (χ1n) is 10.9. The molecular formula is C24H27FN2O5. The molecule has 0 aromatic heterocycles. The molecule has 170 valence electrons. The minimum atomic E-state index is -0.844. The molecule has 2 aromatic rings. The number of halogens is 1. The fraction of sp³-hybridized carbons (Fsp3) is 0.458. The third-order valence-corrected chi connectivity index (χ3v) is 6.67. The highest BCUT2D eigenvalue weighted by molar-refractivity contribution is 5.69. The maximum Gasteiger partial charge on any atom is 0.311 e. The van der Waals surface area contributed by atoms with Crippen molar-refractivity contribution >= 4 is 17.3 Å². The van der Waals surface area contributed by atoms with E-state index < -0.39 is 10.9 Å². The van der Waals surface area contributed by atoms with Gasteiger partial charge >= 0.3 is 11.7 Å². The van der Waals surface area contributed by atoms with E-state index in [9.17, 15) is 24.4 Å².